The number of rotatable bonds is 9. The molecule has 0 radical (unpaired) electrons. The van der Waals surface area contributed by atoms with Crippen LogP contribution in [0.2, 0.25) is 0 Å². The van der Waals surface area contributed by atoms with Crippen LogP contribution in [0.3, 0.4) is 0 Å². The molecule has 0 fully saturated rings. The maximum atomic E-state index is 12.0. The smallest absolute Gasteiger partial charge is 0.323 e. The predicted octanol–water partition coefficient (Wildman–Crippen LogP) is 1.41. The van der Waals surface area contributed by atoms with E-state index in [9.17, 15) is 9.90 Å². The quantitative estimate of drug-likeness (QED) is 0.403. The number of carboxylic acid groups (broad SMARTS) is 1. The Kier molecular flexibility index (Phi) is 7.20. The summed E-state index contributed by atoms with van der Waals surface area (Å²) in [5.41, 5.74) is -1.36. The third-order valence-electron chi connectivity index (χ3n) is 2.92. The van der Waals surface area contributed by atoms with E-state index in [-0.39, 0.29) is 19.1 Å². The minimum absolute atomic E-state index is 0.0524. The lowest BCUT2D eigenvalue weighted by molar-refractivity contribution is -0.195. The molecule has 1 aromatic rings. The standard InChI is InChI=1S/C13H18BrNO6/c1-18-8-21-7-13(11(16)17,12(19-2)20-3)9-5-4-6-10(14)15-9/h4-6,12H,7-8H2,1-3H3,(H,16,17). The van der Waals surface area contributed by atoms with E-state index in [0.717, 1.165) is 0 Å². The van der Waals surface area contributed by atoms with Gasteiger partial charge in [-0.3, -0.25) is 4.79 Å². The van der Waals surface area contributed by atoms with Gasteiger partial charge >= 0.3 is 5.97 Å². The zero-order valence-corrected chi connectivity index (χ0v) is 13.6. The topological polar surface area (TPSA) is 87.1 Å². The first-order valence-electron chi connectivity index (χ1n) is 6.01. The highest BCUT2D eigenvalue weighted by Gasteiger charge is 2.51. The average Bonchev–Trinajstić information content (AvgIpc) is 2.46. The first kappa shape index (κ1) is 18.0. The first-order valence-corrected chi connectivity index (χ1v) is 6.81. The van der Waals surface area contributed by atoms with E-state index in [4.69, 9.17) is 18.9 Å². The Labute approximate surface area is 131 Å². The van der Waals surface area contributed by atoms with E-state index in [2.05, 4.69) is 20.9 Å². The zero-order chi connectivity index (χ0) is 15.9. The second kappa shape index (κ2) is 8.40. The molecule has 0 amide bonds. The minimum Gasteiger partial charge on any atom is -0.480 e. The number of halogens is 1. The van der Waals surface area contributed by atoms with Crippen molar-refractivity contribution in [2.75, 3.05) is 34.7 Å². The summed E-state index contributed by atoms with van der Waals surface area (Å²) in [7, 11) is 4.17. The second-order valence-corrected chi connectivity index (χ2v) is 4.99. The third-order valence-corrected chi connectivity index (χ3v) is 3.36. The van der Waals surface area contributed by atoms with E-state index in [1.54, 1.807) is 18.2 Å². The van der Waals surface area contributed by atoms with Crippen LogP contribution in [-0.2, 0) is 29.2 Å². The zero-order valence-electron chi connectivity index (χ0n) is 12.0. The molecule has 1 rings (SSSR count). The molecule has 0 aromatic carbocycles. The lowest BCUT2D eigenvalue weighted by Crippen LogP contribution is -2.52. The highest BCUT2D eigenvalue weighted by Crippen LogP contribution is 2.31. The van der Waals surface area contributed by atoms with E-state index in [0.29, 0.717) is 4.60 Å². The number of nitrogens with zero attached hydrogens (tertiary/aromatic N) is 1. The predicted molar refractivity (Wildman–Crippen MR) is 76.9 cm³/mol. The molecular weight excluding hydrogens is 346 g/mol. The van der Waals surface area contributed by atoms with Crippen molar-refractivity contribution in [2.45, 2.75) is 11.7 Å². The summed E-state index contributed by atoms with van der Waals surface area (Å²) >= 11 is 3.23. The summed E-state index contributed by atoms with van der Waals surface area (Å²) in [4.78, 5) is 16.2. The van der Waals surface area contributed by atoms with Crippen LogP contribution >= 0.6 is 15.9 Å². The molecule has 0 bridgehead atoms. The largest absolute Gasteiger partial charge is 0.480 e. The summed E-state index contributed by atoms with van der Waals surface area (Å²) in [6.45, 7) is -0.269. The maximum absolute atomic E-state index is 12.0. The van der Waals surface area contributed by atoms with Crippen molar-refractivity contribution in [3.05, 3.63) is 28.5 Å². The Hall–Kier alpha value is -1.06. The minimum atomic E-state index is -1.62. The summed E-state index contributed by atoms with van der Waals surface area (Å²) < 4.78 is 20.9. The Morgan fingerprint density at radius 2 is 2.05 bits per heavy atom. The van der Waals surface area contributed by atoms with Crippen LogP contribution in [-0.4, -0.2) is 57.1 Å². The van der Waals surface area contributed by atoms with Gasteiger partial charge in [0.2, 0.25) is 0 Å². The molecule has 1 N–H and O–H groups in total. The first-order chi connectivity index (χ1) is 10.0. The monoisotopic (exact) mass is 363 g/mol. The molecule has 1 unspecified atom stereocenters. The molecule has 7 nitrogen and oxygen atoms in total. The number of methoxy groups -OCH3 is 3. The number of hydrogen-bond acceptors (Lipinski definition) is 6. The van der Waals surface area contributed by atoms with Crippen molar-refractivity contribution >= 4 is 21.9 Å². The SMILES string of the molecule is COCOCC(C(=O)O)(c1cccc(Br)n1)C(OC)OC. The van der Waals surface area contributed by atoms with Gasteiger partial charge in [-0.1, -0.05) is 6.07 Å². The van der Waals surface area contributed by atoms with E-state index in [1.807, 2.05) is 0 Å². The molecule has 21 heavy (non-hydrogen) atoms. The maximum Gasteiger partial charge on any atom is 0.323 e. The third kappa shape index (κ3) is 3.98. The van der Waals surface area contributed by atoms with Crippen LogP contribution in [0.15, 0.2) is 22.8 Å². The summed E-state index contributed by atoms with van der Waals surface area (Å²) in [5, 5.41) is 9.76. The van der Waals surface area contributed by atoms with Gasteiger partial charge in [-0.25, -0.2) is 4.98 Å². The van der Waals surface area contributed by atoms with Crippen LogP contribution < -0.4 is 0 Å². The molecule has 1 heterocycles. The van der Waals surface area contributed by atoms with Crippen LogP contribution in [0.25, 0.3) is 0 Å². The fourth-order valence-electron chi connectivity index (χ4n) is 1.98. The van der Waals surface area contributed by atoms with Gasteiger partial charge in [0.25, 0.3) is 0 Å². The number of carboxylic acids is 1. The fraction of sp³-hybridized carbons (Fsp3) is 0.538. The van der Waals surface area contributed by atoms with Crippen molar-refractivity contribution in [3.63, 3.8) is 0 Å². The van der Waals surface area contributed by atoms with E-state index in [1.165, 1.54) is 21.3 Å². The number of pyridine rings is 1. The summed E-state index contributed by atoms with van der Waals surface area (Å²) in [6, 6.07) is 4.96. The molecular formula is C13H18BrNO6. The average molecular weight is 364 g/mol. The van der Waals surface area contributed by atoms with Gasteiger partial charge in [0, 0.05) is 21.3 Å². The Morgan fingerprint density at radius 3 is 2.52 bits per heavy atom. The van der Waals surface area contributed by atoms with Crippen LogP contribution in [0.1, 0.15) is 5.69 Å². The molecule has 0 aliphatic carbocycles. The van der Waals surface area contributed by atoms with Gasteiger partial charge in [0.05, 0.1) is 12.3 Å². The second-order valence-electron chi connectivity index (χ2n) is 4.18. The van der Waals surface area contributed by atoms with Crippen molar-refractivity contribution < 1.29 is 28.8 Å². The summed E-state index contributed by atoms with van der Waals surface area (Å²) in [6.07, 6.45) is -1.08. The Morgan fingerprint density at radius 1 is 1.38 bits per heavy atom. The Balaban J connectivity index is 3.32. The molecule has 0 saturated carbocycles. The van der Waals surface area contributed by atoms with Crippen LogP contribution in [0, 0.1) is 0 Å². The van der Waals surface area contributed by atoms with Gasteiger partial charge in [-0.15, -0.1) is 0 Å². The highest BCUT2D eigenvalue weighted by atomic mass is 79.9. The van der Waals surface area contributed by atoms with Gasteiger partial charge in [-0.05, 0) is 28.1 Å². The van der Waals surface area contributed by atoms with Gasteiger partial charge in [0.15, 0.2) is 11.7 Å². The number of carbonyl (C=O) groups is 1. The lowest BCUT2D eigenvalue weighted by atomic mass is 9.83. The lowest BCUT2D eigenvalue weighted by Gasteiger charge is -2.34. The van der Waals surface area contributed by atoms with Crippen molar-refractivity contribution in [1.82, 2.24) is 4.98 Å². The number of ether oxygens (including phenoxy) is 4. The highest BCUT2D eigenvalue weighted by molar-refractivity contribution is 9.10. The molecule has 1 atom stereocenters. The molecule has 0 spiro atoms. The van der Waals surface area contributed by atoms with Crippen molar-refractivity contribution in [2.24, 2.45) is 0 Å². The molecule has 0 aliphatic heterocycles. The fourth-order valence-corrected chi connectivity index (χ4v) is 2.32. The van der Waals surface area contributed by atoms with Crippen molar-refractivity contribution in [3.8, 4) is 0 Å². The van der Waals surface area contributed by atoms with Crippen molar-refractivity contribution in [1.29, 1.82) is 0 Å². The number of aliphatic carboxylic acids is 1. The number of aromatic nitrogens is 1. The Bertz CT molecular complexity index is 468. The molecule has 118 valence electrons. The number of hydrogen-bond donors (Lipinski definition) is 1. The van der Waals surface area contributed by atoms with Gasteiger partial charge in [0.1, 0.15) is 11.4 Å². The normalized spacial score (nSPS) is 14.1. The molecule has 0 saturated heterocycles. The molecule has 0 aliphatic rings. The molecule has 1 aromatic heterocycles. The van der Waals surface area contributed by atoms with Gasteiger partial charge in [-0.2, -0.15) is 0 Å². The van der Waals surface area contributed by atoms with Crippen LogP contribution in [0.5, 0.6) is 0 Å². The van der Waals surface area contributed by atoms with E-state index < -0.39 is 17.7 Å². The van der Waals surface area contributed by atoms with Crippen LogP contribution in [0.4, 0.5) is 0 Å². The summed E-state index contributed by atoms with van der Waals surface area (Å²) in [5.74, 6) is -1.17. The molecule has 8 heteroatoms. The van der Waals surface area contributed by atoms with E-state index >= 15 is 0 Å². The van der Waals surface area contributed by atoms with Gasteiger partial charge < -0.3 is 24.1 Å².